The highest BCUT2D eigenvalue weighted by Gasteiger charge is 2.23. The second-order valence-corrected chi connectivity index (χ2v) is 7.82. The maximum Gasteiger partial charge on any atom is 0.254 e. The van der Waals surface area contributed by atoms with Gasteiger partial charge in [0.1, 0.15) is 5.76 Å². The monoisotopic (exact) mass is 462 g/mol. The number of hydrogen-bond acceptors (Lipinski definition) is 6. The van der Waals surface area contributed by atoms with Gasteiger partial charge in [0.15, 0.2) is 11.5 Å². The molecular formula is C26H26N2O6. The molecule has 0 saturated carbocycles. The summed E-state index contributed by atoms with van der Waals surface area (Å²) in [5.41, 5.74) is 2.30. The van der Waals surface area contributed by atoms with Gasteiger partial charge in [-0.15, -0.1) is 0 Å². The summed E-state index contributed by atoms with van der Waals surface area (Å²) in [5.74, 6) is 1.39. The Morgan fingerprint density at radius 2 is 1.71 bits per heavy atom. The molecule has 0 bridgehead atoms. The number of benzene rings is 2. The molecule has 4 rings (SSSR count). The molecule has 0 atom stereocenters. The Labute approximate surface area is 196 Å². The zero-order chi connectivity index (χ0) is 24.2. The van der Waals surface area contributed by atoms with Crippen molar-refractivity contribution in [3.63, 3.8) is 0 Å². The molecule has 8 heteroatoms. The molecular weight excluding hydrogens is 436 g/mol. The average Bonchev–Trinajstić information content (AvgIpc) is 3.36. The van der Waals surface area contributed by atoms with Crippen LogP contribution in [0.15, 0.2) is 64.0 Å². The number of fused-ring (bicyclic) bond motifs is 1. The standard InChI is InChI=1S/C26H26N2O6/c1-16-7-5-8-17-11-19(25(29)27-23(16)17)14-28(15-20-9-6-10-34-20)26(30)18-12-21(31-2)24(33-4)22(13-18)32-3/h5-13H,14-15H2,1-4H3,(H,27,29). The predicted molar refractivity (Wildman–Crippen MR) is 128 cm³/mol. The zero-order valence-corrected chi connectivity index (χ0v) is 19.5. The Morgan fingerprint density at radius 3 is 2.32 bits per heavy atom. The Hall–Kier alpha value is -4.20. The second kappa shape index (κ2) is 9.74. The van der Waals surface area contributed by atoms with Gasteiger partial charge in [-0.3, -0.25) is 9.59 Å². The largest absolute Gasteiger partial charge is 0.493 e. The zero-order valence-electron chi connectivity index (χ0n) is 19.5. The number of aromatic amines is 1. The van der Waals surface area contributed by atoms with E-state index in [-0.39, 0.29) is 24.6 Å². The van der Waals surface area contributed by atoms with Crippen molar-refractivity contribution in [3.05, 3.63) is 87.6 Å². The fourth-order valence-corrected chi connectivity index (χ4v) is 3.93. The van der Waals surface area contributed by atoms with Crippen LogP contribution in [-0.2, 0) is 13.1 Å². The van der Waals surface area contributed by atoms with Crippen molar-refractivity contribution >= 4 is 16.8 Å². The van der Waals surface area contributed by atoms with Gasteiger partial charge >= 0.3 is 0 Å². The fraction of sp³-hybridized carbons (Fsp3) is 0.231. The van der Waals surface area contributed by atoms with E-state index in [0.717, 1.165) is 16.5 Å². The van der Waals surface area contributed by atoms with Gasteiger partial charge in [0.05, 0.1) is 46.2 Å². The maximum atomic E-state index is 13.7. The number of hydrogen-bond donors (Lipinski definition) is 1. The number of furan rings is 1. The molecule has 8 nitrogen and oxygen atoms in total. The number of pyridine rings is 1. The van der Waals surface area contributed by atoms with Gasteiger partial charge < -0.3 is 28.5 Å². The van der Waals surface area contributed by atoms with Gasteiger partial charge in [0.25, 0.3) is 11.5 Å². The number of aryl methyl sites for hydroxylation is 1. The summed E-state index contributed by atoms with van der Waals surface area (Å²) in [4.78, 5) is 31.0. The summed E-state index contributed by atoms with van der Waals surface area (Å²) in [6.07, 6.45) is 1.54. The van der Waals surface area contributed by atoms with Crippen LogP contribution in [0.1, 0.15) is 27.2 Å². The molecule has 2 aromatic heterocycles. The lowest BCUT2D eigenvalue weighted by Gasteiger charge is -2.23. The molecule has 0 fully saturated rings. The van der Waals surface area contributed by atoms with Gasteiger partial charge in [0, 0.05) is 11.1 Å². The van der Waals surface area contributed by atoms with E-state index in [2.05, 4.69) is 4.98 Å². The van der Waals surface area contributed by atoms with Gasteiger partial charge in [-0.05, 0) is 48.2 Å². The smallest absolute Gasteiger partial charge is 0.254 e. The van der Waals surface area contributed by atoms with E-state index in [1.807, 2.05) is 31.2 Å². The van der Waals surface area contributed by atoms with Crippen molar-refractivity contribution in [1.29, 1.82) is 0 Å². The Kier molecular flexibility index (Phi) is 6.58. The highest BCUT2D eigenvalue weighted by Crippen LogP contribution is 2.38. The molecule has 1 N–H and O–H groups in total. The number of carbonyl (C=O) groups is 1. The normalized spacial score (nSPS) is 10.8. The topological polar surface area (TPSA) is 94.0 Å². The highest BCUT2D eigenvalue weighted by molar-refractivity contribution is 5.95. The van der Waals surface area contributed by atoms with Crippen molar-refractivity contribution < 1.29 is 23.4 Å². The van der Waals surface area contributed by atoms with E-state index in [4.69, 9.17) is 18.6 Å². The van der Waals surface area contributed by atoms with E-state index >= 15 is 0 Å². The first kappa shape index (κ1) is 23.0. The molecule has 0 aliphatic rings. The van der Waals surface area contributed by atoms with Crippen molar-refractivity contribution in [2.75, 3.05) is 21.3 Å². The molecule has 34 heavy (non-hydrogen) atoms. The van der Waals surface area contributed by atoms with Gasteiger partial charge in [-0.25, -0.2) is 0 Å². The van der Waals surface area contributed by atoms with E-state index < -0.39 is 0 Å². The van der Waals surface area contributed by atoms with Crippen LogP contribution in [-0.4, -0.2) is 37.1 Å². The quantitative estimate of drug-likeness (QED) is 0.420. The minimum atomic E-state index is -0.320. The van der Waals surface area contributed by atoms with Gasteiger partial charge in [0.2, 0.25) is 5.75 Å². The van der Waals surface area contributed by atoms with Crippen molar-refractivity contribution in [3.8, 4) is 17.2 Å². The first-order valence-electron chi connectivity index (χ1n) is 10.7. The summed E-state index contributed by atoms with van der Waals surface area (Å²) in [6, 6.07) is 14.3. The number of nitrogens with one attached hydrogen (secondary N) is 1. The lowest BCUT2D eigenvalue weighted by Crippen LogP contribution is -2.32. The van der Waals surface area contributed by atoms with Crippen LogP contribution in [0.5, 0.6) is 17.2 Å². The summed E-state index contributed by atoms with van der Waals surface area (Å²) in [7, 11) is 4.48. The third kappa shape index (κ3) is 4.47. The number of nitrogens with zero attached hydrogens (tertiary/aromatic N) is 1. The SMILES string of the molecule is COc1cc(C(=O)N(Cc2ccco2)Cc2cc3cccc(C)c3[nH]c2=O)cc(OC)c1OC. The van der Waals surface area contributed by atoms with Crippen molar-refractivity contribution in [2.24, 2.45) is 0 Å². The van der Waals surface area contributed by atoms with Gasteiger partial charge in [-0.1, -0.05) is 18.2 Å². The molecule has 0 unspecified atom stereocenters. The van der Waals surface area contributed by atoms with Crippen LogP contribution in [0.4, 0.5) is 0 Å². The number of para-hydroxylation sites is 1. The van der Waals surface area contributed by atoms with Crippen LogP contribution in [0.2, 0.25) is 0 Å². The summed E-state index contributed by atoms with van der Waals surface area (Å²) < 4.78 is 21.7. The van der Waals surface area contributed by atoms with Crippen LogP contribution in [0.3, 0.4) is 0 Å². The molecule has 2 heterocycles. The van der Waals surface area contributed by atoms with Crippen LogP contribution < -0.4 is 19.8 Å². The fourth-order valence-electron chi connectivity index (χ4n) is 3.93. The Balaban J connectivity index is 1.75. The minimum absolute atomic E-state index is 0.0788. The second-order valence-electron chi connectivity index (χ2n) is 7.82. The molecule has 2 aromatic carbocycles. The first-order valence-corrected chi connectivity index (χ1v) is 10.7. The molecule has 0 spiro atoms. The number of ether oxygens (including phenoxy) is 3. The van der Waals surface area contributed by atoms with Crippen molar-refractivity contribution in [1.82, 2.24) is 9.88 Å². The van der Waals surface area contributed by atoms with E-state index in [0.29, 0.717) is 34.1 Å². The third-order valence-electron chi connectivity index (χ3n) is 5.65. The maximum absolute atomic E-state index is 13.7. The molecule has 4 aromatic rings. The molecule has 176 valence electrons. The molecule has 0 saturated heterocycles. The minimum Gasteiger partial charge on any atom is -0.493 e. The number of rotatable bonds is 8. The number of amides is 1. The van der Waals surface area contributed by atoms with Gasteiger partial charge in [-0.2, -0.15) is 0 Å². The predicted octanol–water partition coefficient (Wildman–Crippen LogP) is 4.30. The number of H-pyrrole nitrogens is 1. The molecule has 1 amide bonds. The van der Waals surface area contributed by atoms with E-state index in [1.54, 1.807) is 35.4 Å². The number of carbonyl (C=O) groups excluding carboxylic acids is 1. The highest BCUT2D eigenvalue weighted by atomic mass is 16.5. The van der Waals surface area contributed by atoms with Crippen LogP contribution >= 0.6 is 0 Å². The van der Waals surface area contributed by atoms with E-state index in [1.165, 1.54) is 21.3 Å². The summed E-state index contributed by atoms with van der Waals surface area (Å²) >= 11 is 0. The lowest BCUT2D eigenvalue weighted by molar-refractivity contribution is 0.0716. The molecule has 0 aliphatic carbocycles. The van der Waals surface area contributed by atoms with E-state index in [9.17, 15) is 9.59 Å². The molecule has 0 radical (unpaired) electrons. The average molecular weight is 463 g/mol. The van der Waals surface area contributed by atoms with Crippen molar-refractivity contribution in [2.45, 2.75) is 20.0 Å². The van der Waals surface area contributed by atoms with Crippen LogP contribution in [0, 0.1) is 6.92 Å². The summed E-state index contributed by atoms with van der Waals surface area (Å²) in [6.45, 7) is 2.19. The number of methoxy groups -OCH3 is 3. The molecule has 0 aliphatic heterocycles. The Bertz CT molecular complexity index is 1350. The lowest BCUT2D eigenvalue weighted by atomic mass is 10.1. The van der Waals surface area contributed by atoms with Crippen LogP contribution in [0.25, 0.3) is 10.9 Å². The number of aromatic nitrogens is 1. The first-order chi connectivity index (χ1) is 16.4. The summed E-state index contributed by atoms with van der Waals surface area (Å²) in [5, 5.41) is 0.896. The third-order valence-corrected chi connectivity index (χ3v) is 5.65. The Morgan fingerprint density at radius 1 is 0.971 bits per heavy atom.